The molecule has 0 saturated carbocycles. The number of ether oxygens (including phenoxy) is 1. The fourth-order valence-corrected chi connectivity index (χ4v) is 1.85. The normalized spacial score (nSPS) is 10.3. The summed E-state index contributed by atoms with van der Waals surface area (Å²) in [7, 11) is 1.37. The molecule has 4 heteroatoms. The van der Waals surface area contributed by atoms with Crippen molar-refractivity contribution in [2.75, 3.05) is 7.11 Å². The molecular weight excluding hydrogens is 267 g/mol. The second-order valence-corrected chi connectivity index (χ2v) is 4.51. The number of methoxy groups -OCH3 is 1. The van der Waals surface area contributed by atoms with Gasteiger partial charge in [-0.15, -0.1) is 0 Å². The second-order valence-electron chi connectivity index (χ2n) is 4.08. The number of hydrogen-bond acceptors (Lipinski definition) is 2. The Morgan fingerprint density at radius 2 is 1.89 bits per heavy atom. The van der Waals surface area contributed by atoms with E-state index in [0.717, 1.165) is 5.56 Å². The van der Waals surface area contributed by atoms with Crippen LogP contribution in [-0.2, 0) is 6.42 Å². The first-order valence-electron chi connectivity index (χ1n) is 5.71. The zero-order chi connectivity index (χ0) is 13.8. The molecule has 0 aliphatic carbocycles. The van der Waals surface area contributed by atoms with Crippen LogP contribution in [0.4, 0.5) is 4.39 Å². The first-order valence-corrected chi connectivity index (χ1v) is 6.09. The van der Waals surface area contributed by atoms with Crippen LogP contribution in [0.5, 0.6) is 5.75 Å². The summed E-state index contributed by atoms with van der Waals surface area (Å²) in [6.45, 7) is 0. The van der Waals surface area contributed by atoms with Crippen molar-refractivity contribution in [2.24, 2.45) is 0 Å². The van der Waals surface area contributed by atoms with Crippen molar-refractivity contribution in [1.82, 2.24) is 0 Å². The fraction of sp³-hybridized carbons (Fsp3) is 0.133. The summed E-state index contributed by atoms with van der Waals surface area (Å²) in [6.07, 6.45) is 0.242. The van der Waals surface area contributed by atoms with Gasteiger partial charge in [-0.1, -0.05) is 23.7 Å². The summed E-state index contributed by atoms with van der Waals surface area (Å²) in [5.41, 5.74) is 1.28. The first kappa shape index (κ1) is 13.6. The number of rotatable bonds is 4. The summed E-state index contributed by atoms with van der Waals surface area (Å²) in [4.78, 5) is 12.1. The number of benzene rings is 2. The number of Topliss-reactive ketones (excluding diaryl/α,β-unsaturated/α-hetero) is 1. The lowest BCUT2D eigenvalue weighted by Crippen LogP contribution is -2.04. The standard InChI is InChI=1S/C15H12ClFO2/c1-19-15-9-11(4-7-13(15)17)14(18)8-10-2-5-12(16)6-3-10/h2-7,9H,8H2,1H3. The SMILES string of the molecule is COc1cc(C(=O)Cc2ccc(Cl)cc2)ccc1F. The van der Waals surface area contributed by atoms with Crippen LogP contribution in [-0.4, -0.2) is 12.9 Å². The molecule has 2 nitrogen and oxygen atoms in total. The van der Waals surface area contributed by atoms with E-state index in [0.29, 0.717) is 10.6 Å². The van der Waals surface area contributed by atoms with Gasteiger partial charge < -0.3 is 4.74 Å². The lowest BCUT2D eigenvalue weighted by atomic mass is 10.0. The van der Waals surface area contributed by atoms with Crippen LogP contribution in [0.25, 0.3) is 0 Å². The molecule has 0 atom stereocenters. The minimum absolute atomic E-state index is 0.0713. The first-order chi connectivity index (χ1) is 9.10. The van der Waals surface area contributed by atoms with Gasteiger partial charge in [-0.25, -0.2) is 4.39 Å². The molecule has 0 heterocycles. The topological polar surface area (TPSA) is 26.3 Å². The number of carbonyl (C=O) groups excluding carboxylic acids is 1. The Morgan fingerprint density at radius 1 is 1.21 bits per heavy atom. The van der Waals surface area contributed by atoms with Gasteiger partial charge in [-0.3, -0.25) is 4.79 Å². The van der Waals surface area contributed by atoms with E-state index < -0.39 is 5.82 Å². The predicted octanol–water partition coefficient (Wildman–Crippen LogP) is 3.91. The number of ketones is 1. The van der Waals surface area contributed by atoms with Gasteiger partial charge in [-0.05, 0) is 35.9 Å². The smallest absolute Gasteiger partial charge is 0.167 e. The molecule has 2 rings (SSSR count). The summed E-state index contributed by atoms with van der Waals surface area (Å²) < 4.78 is 18.1. The van der Waals surface area contributed by atoms with Crippen LogP contribution in [0.15, 0.2) is 42.5 Å². The molecule has 0 aliphatic rings. The third-order valence-electron chi connectivity index (χ3n) is 2.75. The molecule has 98 valence electrons. The zero-order valence-corrected chi connectivity index (χ0v) is 11.1. The highest BCUT2D eigenvalue weighted by molar-refractivity contribution is 6.30. The quantitative estimate of drug-likeness (QED) is 0.793. The molecule has 0 saturated heterocycles. The lowest BCUT2D eigenvalue weighted by Gasteiger charge is -2.05. The van der Waals surface area contributed by atoms with Crippen molar-refractivity contribution in [3.63, 3.8) is 0 Å². The van der Waals surface area contributed by atoms with Crippen LogP contribution in [0.1, 0.15) is 15.9 Å². The Kier molecular flexibility index (Phi) is 4.17. The Morgan fingerprint density at radius 3 is 2.53 bits per heavy atom. The lowest BCUT2D eigenvalue weighted by molar-refractivity contribution is 0.0992. The predicted molar refractivity (Wildman–Crippen MR) is 72.4 cm³/mol. The summed E-state index contributed by atoms with van der Waals surface area (Å²) in [5, 5.41) is 0.625. The average molecular weight is 279 g/mol. The van der Waals surface area contributed by atoms with Gasteiger partial charge in [0.05, 0.1) is 7.11 Å². The Hall–Kier alpha value is -1.87. The highest BCUT2D eigenvalue weighted by Gasteiger charge is 2.11. The van der Waals surface area contributed by atoms with E-state index in [2.05, 4.69) is 0 Å². The molecule has 0 spiro atoms. The zero-order valence-electron chi connectivity index (χ0n) is 10.3. The van der Waals surface area contributed by atoms with Crippen molar-refractivity contribution in [2.45, 2.75) is 6.42 Å². The minimum Gasteiger partial charge on any atom is -0.494 e. The molecule has 19 heavy (non-hydrogen) atoms. The van der Waals surface area contributed by atoms with E-state index in [1.165, 1.54) is 25.3 Å². The second kappa shape index (κ2) is 5.85. The van der Waals surface area contributed by atoms with E-state index in [1.807, 2.05) is 0 Å². The maximum Gasteiger partial charge on any atom is 0.167 e. The third-order valence-corrected chi connectivity index (χ3v) is 3.00. The molecule has 0 N–H and O–H groups in total. The molecule has 0 aromatic heterocycles. The number of halogens is 2. The molecule has 0 bridgehead atoms. The van der Waals surface area contributed by atoms with Gasteiger partial charge in [0.1, 0.15) is 0 Å². The molecule has 0 unspecified atom stereocenters. The molecule has 0 amide bonds. The average Bonchev–Trinajstić information content (AvgIpc) is 2.42. The van der Waals surface area contributed by atoms with Crippen LogP contribution in [0, 0.1) is 5.82 Å². The van der Waals surface area contributed by atoms with E-state index >= 15 is 0 Å². The van der Waals surface area contributed by atoms with E-state index in [1.54, 1.807) is 24.3 Å². The van der Waals surface area contributed by atoms with Crippen LogP contribution in [0.3, 0.4) is 0 Å². The van der Waals surface area contributed by atoms with E-state index in [4.69, 9.17) is 16.3 Å². The van der Waals surface area contributed by atoms with Gasteiger partial charge in [-0.2, -0.15) is 0 Å². The van der Waals surface area contributed by atoms with Crippen LogP contribution in [0.2, 0.25) is 5.02 Å². The maximum atomic E-state index is 13.3. The van der Waals surface area contributed by atoms with Crippen molar-refractivity contribution in [3.05, 3.63) is 64.4 Å². The van der Waals surface area contributed by atoms with Crippen molar-refractivity contribution in [1.29, 1.82) is 0 Å². The van der Waals surface area contributed by atoms with Gasteiger partial charge in [0, 0.05) is 17.0 Å². The molecular formula is C15H12ClFO2. The number of hydrogen-bond donors (Lipinski definition) is 0. The fourth-order valence-electron chi connectivity index (χ4n) is 1.72. The van der Waals surface area contributed by atoms with Gasteiger partial charge in [0.2, 0.25) is 0 Å². The van der Waals surface area contributed by atoms with Crippen molar-refractivity contribution >= 4 is 17.4 Å². The van der Waals surface area contributed by atoms with Gasteiger partial charge in [0.25, 0.3) is 0 Å². The van der Waals surface area contributed by atoms with Crippen molar-refractivity contribution < 1.29 is 13.9 Å². The molecule has 0 fully saturated rings. The minimum atomic E-state index is -0.481. The summed E-state index contributed by atoms with van der Waals surface area (Å²) in [6, 6.07) is 11.1. The Balaban J connectivity index is 2.18. The molecule has 2 aromatic carbocycles. The number of carbonyl (C=O) groups is 1. The molecule has 2 aromatic rings. The third kappa shape index (κ3) is 3.32. The van der Waals surface area contributed by atoms with Gasteiger partial charge >= 0.3 is 0 Å². The van der Waals surface area contributed by atoms with Crippen LogP contribution >= 0.6 is 11.6 Å². The van der Waals surface area contributed by atoms with E-state index in [-0.39, 0.29) is 18.0 Å². The monoisotopic (exact) mass is 278 g/mol. The molecule has 0 aliphatic heterocycles. The van der Waals surface area contributed by atoms with Gasteiger partial charge in [0.15, 0.2) is 17.3 Å². The summed E-state index contributed by atoms with van der Waals surface area (Å²) in [5.74, 6) is -0.506. The highest BCUT2D eigenvalue weighted by atomic mass is 35.5. The Labute approximate surface area is 115 Å². The Bertz CT molecular complexity index is 594. The summed E-state index contributed by atoms with van der Waals surface area (Å²) >= 11 is 5.78. The van der Waals surface area contributed by atoms with E-state index in [9.17, 15) is 9.18 Å². The maximum absolute atomic E-state index is 13.3. The molecule has 0 radical (unpaired) electrons. The largest absolute Gasteiger partial charge is 0.494 e. The van der Waals surface area contributed by atoms with Crippen LogP contribution < -0.4 is 4.74 Å². The van der Waals surface area contributed by atoms with Crippen molar-refractivity contribution in [3.8, 4) is 5.75 Å². The highest BCUT2D eigenvalue weighted by Crippen LogP contribution is 2.20.